The molecule has 1 fully saturated rings. The van der Waals surface area contributed by atoms with E-state index < -0.39 is 0 Å². The molecule has 1 atom stereocenters. The molecule has 3 heterocycles. The van der Waals surface area contributed by atoms with E-state index in [2.05, 4.69) is 38.5 Å². The zero-order chi connectivity index (χ0) is 19.1. The zero-order valence-corrected chi connectivity index (χ0v) is 17.1. The van der Waals surface area contributed by atoms with Crippen molar-refractivity contribution >= 4 is 17.3 Å². The fraction of sp³-hybridized carbons (Fsp3) is 0.579. The van der Waals surface area contributed by atoms with Gasteiger partial charge in [-0.2, -0.15) is 0 Å². The Bertz CT molecular complexity index is 736. The number of furan rings is 1. The molecule has 0 spiro atoms. The first-order valence-electron chi connectivity index (χ1n) is 9.39. The van der Waals surface area contributed by atoms with Crippen LogP contribution in [0.25, 0.3) is 0 Å². The largest absolute Gasteiger partial charge is 0.465 e. The van der Waals surface area contributed by atoms with Gasteiger partial charge in [-0.3, -0.25) is 9.89 Å². The Hall–Kier alpha value is -1.90. The fourth-order valence-corrected chi connectivity index (χ4v) is 3.94. The maximum Gasteiger partial charge on any atom is 0.191 e. The van der Waals surface area contributed by atoms with Gasteiger partial charge in [-0.15, -0.1) is 11.3 Å². The Balaban J connectivity index is 1.54. The van der Waals surface area contributed by atoms with E-state index in [0.717, 1.165) is 68.3 Å². The minimum Gasteiger partial charge on any atom is -0.465 e. The highest BCUT2D eigenvalue weighted by Gasteiger charge is 2.25. The first-order chi connectivity index (χ1) is 13.2. The maximum atomic E-state index is 5.92. The summed E-state index contributed by atoms with van der Waals surface area (Å²) in [6.45, 7) is 8.92. The lowest BCUT2D eigenvalue weighted by molar-refractivity contribution is 0.0124. The fourth-order valence-electron chi connectivity index (χ4n) is 3.15. The van der Waals surface area contributed by atoms with E-state index >= 15 is 0 Å². The number of thiazole rings is 1. The van der Waals surface area contributed by atoms with Gasteiger partial charge in [0.05, 0.1) is 24.3 Å². The van der Waals surface area contributed by atoms with E-state index in [-0.39, 0.29) is 6.04 Å². The van der Waals surface area contributed by atoms with Crippen LogP contribution in [0.3, 0.4) is 0 Å². The highest BCUT2D eigenvalue weighted by molar-refractivity contribution is 7.11. The van der Waals surface area contributed by atoms with Crippen LogP contribution in [0.15, 0.2) is 27.7 Å². The number of morpholine rings is 1. The number of hydrogen-bond acceptors (Lipinski definition) is 6. The van der Waals surface area contributed by atoms with Crippen molar-refractivity contribution in [3.63, 3.8) is 0 Å². The van der Waals surface area contributed by atoms with E-state index in [1.165, 1.54) is 4.88 Å². The Morgan fingerprint density at radius 1 is 1.30 bits per heavy atom. The molecule has 148 valence electrons. The second-order valence-corrected chi connectivity index (χ2v) is 7.93. The van der Waals surface area contributed by atoms with Gasteiger partial charge < -0.3 is 19.8 Å². The minimum atomic E-state index is 0.155. The highest BCUT2D eigenvalue weighted by Crippen LogP contribution is 2.23. The molecule has 0 aliphatic carbocycles. The molecule has 0 radical (unpaired) electrons. The quantitative estimate of drug-likeness (QED) is 0.556. The predicted octanol–water partition coefficient (Wildman–Crippen LogP) is 2.13. The number of aliphatic imine (C=N–C) groups is 1. The molecule has 2 aromatic heterocycles. The second kappa shape index (κ2) is 9.87. The monoisotopic (exact) mass is 391 g/mol. The van der Waals surface area contributed by atoms with Crippen LogP contribution < -0.4 is 10.6 Å². The van der Waals surface area contributed by atoms with Crippen LogP contribution in [-0.4, -0.2) is 62.3 Å². The predicted molar refractivity (Wildman–Crippen MR) is 108 cm³/mol. The van der Waals surface area contributed by atoms with Crippen LogP contribution in [0.4, 0.5) is 0 Å². The van der Waals surface area contributed by atoms with Gasteiger partial charge in [0.1, 0.15) is 11.5 Å². The summed E-state index contributed by atoms with van der Waals surface area (Å²) in [6, 6.07) is 4.24. The average Bonchev–Trinajstić information content (AvgIpc) is 3.29. The first-order valence-corrected chi connectivity index (χ1v) is 10.2. The SMILES string of the molecule is CN=C(NCCc1ncc(C)s1)NCC(c1ccc(C)o1)N1CCOCC1. The van der Waals surface area contributed by atoms with Crippen molar-refractivity contribution in [2.24, 2.45) is 4.99 Å². The molecular weight excluding hydrogens is 362 g/mol. The van der Waals surface area contributed by atoms with Crippen molar-refractivity contribution in [2.45, 2.75) is 26.3 Å². The number of hydrogen-bond donors (Lipinski definition) is 2. The summed E-state index contributed by atoms with van der Waals surface area (Å²) < 4.78 is 11.4. The van der Waals surface area contributed by atoms with Gasteiger partial charge in [-0.25, -0.2) is 4.98 Å². The van der Waals surface area contributed by atoms with Crippen molar-refractivity contribution in [3.8, 4) is 0 Å². The Labute approximate surface area is 164 Å². The number of guanidine groups is 1. The molecule has 0 aromatic carbocycles. The van der Waals surface area contributed by atoms with Crippen molar-refractivity contribution in [1.82, 2.24) is 20.5 Å². The first kappa shape index (κ1) is 19.9. The van der Waals surface area contributed by atoms with Crippen molar-refractivity contribution < 1.29 is 9.15 Å². The molecule has 2 N–H and O–H groups in total. The van der Waals surface area contributed by atoms with E-state index in [9.17, 15) is 0 Å². The lowest BCUT2D eigenvalue weighted by Crippen LogP contribution is -2.46. The summed E-state index contributed by atoms with van der Waals surface area (Å²) in [5, 5.41) is 7.97. The van der Waals surface area contributed by atoms with Crippen LogP contribution in [-0.2, 0) is 11.2 Å². The average molecular weight is 392 g/mol. The second-order valence-electron chi connectivity index (χ2n) is 6.61. The number of aromatic nitrogens is 1. The third-order valence-electron chi connectivity index (χ3n) is 4.56. The third-order valence-corrected chi connectivity index (χ3v) is 5.54. The molecule has 0 amide bonds. The van der Waals surface area contributed by atoms with Gasteiger partial charge in [0.25, 0.3) is 0 Å². The molecule has 0 saturated carbocycles. The molecule has 3 rings (SSSR count). The summed E-state index contributed by atoms with van der Waals surface area (Å²) in [6.07, 6.45) is 2.81. The molecule has 7 nitrogen and oxygen atoms in total. The Morgan fingerprint density at radius 2 is 2.11 bits per heavy atom. The number of ether oxygens (including phenoxy) is 1. The summed E-state index contributed by atoms with van der Waals surface area (Å²) >= 11 is 1.74. The van der Waals surface area contributed by atoms with Gasteiger partial charge >= 0.3 is 0 Å². The molecule has 8 heteroatoms. The Morgan fingerprint density at radius 3 is 2.74 bits per heavy atom. The molecule has 27 heavy (non-hydrogen) atoms. The van der Waals surface area contributed by atoms with E-state index in [1.807, 2.05) is 19.2 Å². The van der Waals surface area contributed by atoms with Crippen molar-refractivity contribution in [1.29, 1.82) is 0 Å². The molecule has 2 aromatic rings. The van der Waals surface area contributed by atoms with Gasteiger partial charge in [-0.1, -0.05) is 0 Å². The standard InChI is InChI=1S/C19H29N5O2S/c1-14-4-5-17(26-14)16(24-8-10-25-11-9-24)13-23-19(20-3)21-7-6-18-22-12-15(2)27-18/h4-5,12,16H,6-11,13H2,1-3H3,(H2,20,21,23). The lowest BCUT2D eigenvalue weighted by Gasteiger charge is -2.33. The molecule has 1 unspecified atom stereocenters. The van der Waals surface area contributed by atoms with E-state index in [0.29, 0.717) is 0 Å². The summed E-state index contributed by atoms with van der Waals surface area (Å²) in [5.41, 5.74) is 0. The van der Waals surface area contributed by atoms with Crippen LogP contribution in [0.2, 0.25) is 0 Å². The Kier molecular flexibility index (Phi) is 7.25. The van der Waals surface area contributed by atoms with Crippen molar-refractivity contribution in [3.05, 3.63) is 39.7 Å². The van der Waals surface area contributed by atoms with Crippen molar-refractivity contribution in [2.75, 3.05) is 46.4 Å². The van der Waals surface area contributed by atoms with Crippen LogP contribution in [0.5, 0.6) is 0 Å². The molecular formula is C19H29N5O2S. The molecule has 1 aliphatic heterocycles. The lowest BCUT2D eigenvalue weighted by atomic mass is 10.1. The topological polar surface area (TPSA) is 74.9 Å². The summed E-state index contributed by atoms with van der Waals surface area (Å²) in [7, 11) is 1.80. The maximum absolute atomic E-state index is 5.92. The van der Waals surface area contributed by atoms with E-state index in [4.69, 9.17) is 9.15 Å². The van der Waals surface area contributed by atoms with Gasteiger partial charge in [0, 0.05) is 50.7 Å². The smallest absolute Gasteiger partial charge is 0.191 e. The van der Waals surface area contributed by atoms with Crippen LogP contribution in [0, 0.1) is 13.8 Å². The van der Waals surface area contributed by atoms with Crippen LogP contribution in [0.1, 0.15) is 27.4 Å². The third kappa shape index (κ3) is 5.79. The number of nitrogens with one attached hydrogen (secondary N) is 2. The molecule has 1 saturated heterocycles. The normalized spacial score (nSPS) is 17.1. The number of rotatable bonds is 7. The molecule has 0 bridgehead atoms. The van der Waals surface area contributed by atoms with Gasteiger partial charge in [0.15, 0.2) is 5.96 Å². The minimum absolute atomic E-state index is 0.155. The highest BCUT2D eigenvalue weighted by atomic mass is 32.1. The number of aryl methyl sites for hydroxylation is 2. The zero-order valence-electron chi connectivity index (χ0n) is 16.3. The summed E-state index contributed by atoms with van der Waals surface area (Å²) in [4.78, 5) is 12.4. The molecule has 1 aliphatic rings. The van der Waals surface area contributed by atoms with Gasteiger partial charge in [-0.05, 0) is 26.0 Å². The number of nitrogens with zero attached hydrogens (tertiary/aromatic N) is 3. The van der Waals surface area contributed by atoms with Gasteiger partial charge in [0.2, 0.25) is 0 Å². The summed E-state index contributed by atoms with van der Waals surface area (Å²) in [5.74, 6) is 2.71. The van der Waals surface area contributed by atoms with Crippen LogP contribution >= 0.6 is 11.3 Å². The van der Waals surface area contributed by atoms with E-state index in [1.54, 1.807) is 18.4 Å².